The Morgan fingerprint density at radius 3 is 2.70 bits per heavy atom. The van der Waals surface area contributed by atoms with Crippen LogP contribution in [0.1, 0.15) is 21.5 Å². The minimum atomic E-state index is -1.08. The van der Waals surface area contributed by atoms with Gasteiger partial charge in [-0.1, -0.05) is 29.8 Å². The van der Waals surface area contributed by atoms with Crippen LogP contribution in [0.2, 0.25) is 5.02 Å². The number of aryl methyl sites for hydroxylation is 1. The molecule has 5 heteroatoms. The fourth-order valence-electron chi connectivity index (χ4n) is 1.80. The number of hydrogen-bond acceptors (Lipinski definition) is 3. The monoisotopic (exact) mass is 291 g/mol. The molecule has 0 heterocycles. The van der Waals surface area contributed by atoms with Crippen LogP contribution in [0, 0.1) is 6.92 Å². The van der Waals surface area contributed by atoms with Crippen molar-refractivity contribution >= 4 is 23.3 Å². The smallest absolute Gasteiger partial charge is 0.337 e. The highest BCUT2D eigenvalue weighted by atomic mass is 35.5. The van der Waals surface area contributed by atoms with Gasteiger partial charge in [0, 0.05) is 16.3 Å². The zero-order valence-corrected chi connectivity index (χ0v) is 11.6. The van der Waals surface area contributed by atoms with Crippen molar-refractivity contribution in [1.82, 2.24) is 0 Å². The molecular weight excluding hydrogens is 278 g/mol. The van der Waals surface area contributed by atoms with Crippen LogP contribution in [0.3, 0.4) is 0 Å². The highest BCUT2D eigenvalue weighted by molar-refractivity contribution is 6.31. The predicted molar refractivity (Wildman–Crippen MR) is 78.3 cm³/mol. The van der Waals surface area contributed by atoms with Gasteiger partial charge in [-0.15, -0.1) is 0 Å². The van der Waals surface area contributed by atoms with Crippen molar-refractivity contribution in [3.63, 3.8) is 0 Å². The molecule has 0 amide bonds. The number of ether oxygens (including phenoxy) is 1. The van der Waals surface area contributed by atoms with Crippen LogP contribution >= 0.6 is 11.6 Å². The van der Waals surface area contributed by atoms with E-state index in [1.807, 2.05) is 18.2 Å². The first-order valence-corrected chi connectivity index (χ1v) is 6.36. The van der Waals surface area contributed by atoms with E-state index >= 15 is 0 Å². The topological polar surface area (TPSA) is 72.5 Å². The summed E-state index contributed by atoms with van der Waals surface area (Å²) in [5.74, 6) is -0.622. The van der Waals surface area contributed by atoms with Crippen molar-refractivity contribution in [1.29, 1.82) is 0 Å². The fraction of sp³-hybridized carbons (Fsp3) is 0.133. The van der Waals surface area contributed by atoms with Gasteiger partial charge >= 0.3 is 5.97 Å². The maximum absolute atomic E-state index is 11.1. The Hall–Kier alpha value is -2.20. The lowest BCUT2D eigenvalue weighted by Gasteiger charge is -2.11. The zero-order valence-electron chi connectivity index (χ0n) is 10.9. The highest BCUT2D eigenvalue weighted by Gasteiger charge is 2.12. The van der Waals surface area contributed by atoms with Crippen LogP contribution in [0.5, 0.6) is 5.75 Å². The minimum Gasteiger partial charge on any atom is -0.489 e. The van der Waals surface area contributed by atoms with Crippen LogP contribution in [-0.4, -0.2) is 11.1 Å². The Labute approximate surface area is 121 Å². The molecule has 0 fully saturated rings. The largest absolute Gasteiger partial charge is 0.489 e. The molecular formula is C15H14ClNO3. The third kappa shape index (κ3) is 3.03. The van der Waals surface area contributed by atoms with Crippen molar-refractivity contribution in [2.75, 3.05) is 5.73 Å². The van der Waals surface area contributed by atoms with Crippen LogP contribution in [0.4, 0.5) is 5.69 Å². The fourth-order valence-corrected chi connectivity index (χ4v) is 1.99. The van der Waals surface area contributed by atoms with E-state index in [4.69, 9.17) is 27.2 Å². The summed E-state index contributed by atoms with van der Waals surface area (Å²) in [7, 11) is 0. The molecule has 0 saturated heterocycles. The second-order valence-corrected chi connectivity index (χ2v) is 4.79. The van der Waals surface area contributed by atoms with Gasteiger partial charge in [0.25, 0.3) is 0 Å². The van der Waals surface area contributed by atoms with Gasteiger partial charge in [0.2, 0.25) is 0 Å². The number of rotatable bonds is 4. The Bertz CT molecular complexity index is 656. The van der Waals surface area contributed by atoms with Crippen molar-refractivity contribution in [2.45, 2.75) is 13.5 Å². The van der Waals surface area contributed by atoms with E-state index in [1.54, 1.807) is 19.1 Å². The molecule has 2 aromatic carbocycles. The molecule has 20 heavy (non-hydrogen) atoms. The van der Waals surface area contributed by atoms with E-state index in [1.165, 1.54) is 6.07 Å². The Morgan fingerprint density at radius 1 is 1.35 bits per heavy atom. The lowest BCUT2D eigenvalue weighted by molar-refractivity contribution is 0.0697. The van der Waals surface area contributed by atoms with Crippen LogP contribution < -0.4 is 10.5 Å². The summed E-state index contributed by atoms with van der Waals surface area (Å²) in [5, 5.41) is 9.70. The van der Waals surface area contributed by atoms with Crippen LogP contribution in [0.15, 0.2) is 36.4 Å². The number of carboxylic acids is 1. The number of carbonyl (C=O) groups is 1. The number of benzene rings is 2. The third-order valence-corrected chi connectivity index (χ3v) is 3.31. The molecule has 0 aliphatic rings. The van der Waals surface area contributed by atoms with E-state index in [9.17, 15) is 4.79 Å². The van der Waals surface area contributed by atoms with Gasteiger partial charge in [-0.2, -0.15) is 0 Å². The van der Waals surface area contributed by atoms with Gasteiger partial charge in [-0.05, 0) is 30.7 Å². The second-order valence-electron chi connectivity index (χ2n) is 4.39. The molecule has 0 aliphatic heterocycles. The van der Waals surface area contributed by atoms with Crippen LogP contribution in [-0.2, 0) is 6.61 Å². The summed E-state index contributed by atoms with van der Waals surface area (Å²) in [6.45, 7) is 2.01. The van der Waals surface area contributed by atoms with E-state index in [0.717, 1.165) is 5.56 Å². The predicted octanol–water partition coefficient (Wildman–Crippen LogP) is 3.51. The molecule has 2 rings (SSSR count). The molecule has 0 aromatic heterocycles. The Morgan fingerprint density at radius 2 is 2.05 bits per heavy atom. The number of nitrogen functional groups attached to an aromatic ring is 1. The Balaban J connectivity index is 2.22. The summed E-state index contributed by atoms with van der Waals surface area (Å²) < 4.78 is 5.60. The zero-order chi connectivity index (χ0) is 14.7. The van der Waals surface area contributed by atoms with E-state index in [2.05, 4.69) is 0 Å². The number of carboxylic acid groups (broad SMARTS) is 1. The molecule has 0 spiro atoms. The first-order chi connectivity index (χ1) is 9.49. The van der Waals surface area contributed by atoms with Gasteiger partial charge < -0.3 is 15.6 Å². The molecule has 0 radical (unpaired) electrons. The average Bonchev–Trinajstić information content (AvgIpc) is 2.41. The second kappa shape index (κ2) is 5.84. The van der Waals surface area contributed by atoms with Gasteiger partial charge in [-0.25, -0.2) is 4.79 Å². The van der Waals surface area contributed by atoms with Gasteiger partial charge in [-0.3, -0.25) is 0 Å². The lowest BCUT2D eigenvalue weighted by Crippen LogP contribution is -2.05. The summed E-state index contributed by atoms with van der Waals surface area (Å²) in [5.41, 5.74) is 7.52. The maximum atomic E-state index is 11.1. The van der Waals surface area contributed by atoms with Crippen molar-refractivity contribution in [2.24, 2.45) is 0 Å². The quantitative estimate of drug-likeness (QED) is 0.846. The molecule has 4 nitrogen and oxygen atoms in total. The first-order valence-electron chi connectivity index (χ1n) is 5.98. The molecule has 0 atom stereocenters. The minimum absolute atomic E-state index is 0.0409. The van der Waals surface area contributed by atoms with Gasteiger partial charge in [0.1, 0.15) is 12.4 Å². The molecule has 3 N–H and O–H groups in total. The first kappa shape index (κ1) is 14.2. The highest BCUT2D eigenvalue weighted by Crippen LogP contribution is 2.26. The Kier molecular flexibility index (Phi) is 4.15. The number of halogens is 1. The van der Waals surface area contributed by atoms with E-state index in [0.29, 0.717) is 16.3 Å². The summed E-state index contributed by atoms with van der Waals surface area (Å²) in [6.07, 6.45) is 0. The number of hydrogen-bond donors (Lipinski definition) is 2. The number of aromatic carboxylic acids is 1. The van der Waals surface area contributed by atoms with Crippen molar-refractivity contribution in [3.8, 4) is 5.75 Å². The molecule has 0 aliphatic carbocycles. The van der Waals surface area contributed by atoms with Gasteiger partial charge in [0.05, 0.1) is 5.56 Å². The maximum Gasteiger partial charge on any atom is 0.337 e. The molecule has 104 valence electrons. The molecule has 0 bridgehead atoms. The van der Waals surface area contributed by atoms with Crippen LogP contribution in [0.25, 0.3) is 0 Å². The van der Waals surface area contributed by atoms with Gasteiger partial charge in [0.15, 0.2) is 0 Å². The number of nitrogens with two attached hydrogens (primary N) is 1. The molecule has 2 aromatic rings. The van der Waals surface area contributed by atoms with E-state index in [-0.39, 0.29) is 17.9 Å². The SMILES string of the molecule is Cc1cc(OCc2ccccc2Cl)cc(C(=O)O)c1N. The van der Waals surface area contributed by atoms with Crippen molar-refractivity contribution < 1.29 is 14.6 Å². The summed E-state index contributed by atoms with van der Waals surface area (Å²) >= 11 is 6.03. The summed E-state index contributed by atoms with van der Waals surface area (Å²) in [4.78, 5) is 11.1. The molecule has 0 unspecified atom stereocenters. The third-order valence-electron chi connectivity index (χ3n) is 2.94. The van der Waals surface area contributed by atoms with E-state index < -0.39 is 5.97 Å². The number of anilines is 1. The normalized spacial score (nSPS) is 10.3. The average molecular weight is 292 g/mol. The molecule has 0 saturated carbocycles. The van der Waals surface area contributed by atoms with Crippen molar-refractivity contribution in [3.05, 3.63) is 58.1 Å². The summed E-state index contributed by atoms with van der Waals surface area (Å²) in [6, 6.07) is 10.4. The standard InChI is InChI=1S/C15H14ClNO3/c1-9-6-11(7-12(14(9)17)15(18)19)20-8-10-4-2-3-5-13(10)16/h2-7H,8,17H2,1H3,(H,18,19). The lowest BCUT2D eigenvalue weighted by atomic mass is 10.1.